The third kappa shape index (κ3) is 3.04. The minimum absolute atomic E-state index is 0.242. The van der Waals surface area contributed by atoms with Crippen molar-refractivity contribution >= 4 is 23.3 Å². The molecule has 0 fully saturated rings. The molecule has 100 valence electrons. The van der Waals surface area contributed by atoms with Crippen molar-refractivity contribution in [2.24, 2.45) is 5.84 Å². The number of anilines is 1. The summed E-state index contributed by atoms with van der Waals surface area (Å²) in [4.78, 5) is 15.9. The number of nitrogens with two attached hydrogens (primary N) is 1. The van der Waals surface area contributed by atoms with E-state index in [9.17, 15) is 4.79 Å². The quantitative estimate of drug-likeness (QED) is 0.589. The second-order valence-corrected chi connectivity index (χ2v) is 4.32. The van der Waals surface area contributed by atoms with Crippen LogP contribution in [0, 0.1) is 0 Å². The van der Waals surface area contributed by atoms with Gasteiger partial charge in [0.15, 0.2) is 5.82 Å². The van der Waals surface area contributed by atoms with Gasteiger partial charge in [0, 0.05) is 6.20 Å². The molecule has 0 bridgehead atoms. The van der Waals surface area contributed by atoms with Crippen LogP contribution in [0.25, 0.3) is 0 Å². The number of hydrazine groups is 1. The number of aromatic nitrogens is 1. The minimum Gasteiger partial charge on any atom is -0.467 e. The molecule has 2 aromatic rings. The first-order valence-corrected chi connectivity index (χ1v) is 5.96. The summed E-state index contributed by atoms with van der Waals surface area (Å²) in [7, 11) is 0. The Morgan fingerprint density at radius 1 is 1.58 bits per heavy atom. The van der Waals surface area contributed by atoms with E-state index in [2.05, 4.69) is 15.7 Å². The summed E-state index contributed by atoms with van der Waals surface area (Å²) < 4.78 is 5.21. The molecular weight excluding hydrogens is 268 g/mol. The second-order valence-electron chi connectivity index (χ2n) is 3.91. The van der Waals surface area contributed by atoms with E-state index < -0.39 is 0 Å². The molecule has 1 unspecified atom stereocenters. The number of furan rings is 1. The normalized spacial score (nSPS) is 11.9. The van der Waals surface area contributed by atoms with Gasteiger partial charge in [-0.2, -0.15) is 0 Å². The number of nitrogens with one attached hydrogen (secondary N) is 2. The minimum atomic E-state index is -0.290. The zero-order valence-corrected chi connectivity index (χ0v) is 10.9. The molecule has 6 nitrogen and oxygen atoms in total. The number of amides is 1. The molecule has 19 heavy (non-hydrogen) atoms. The van der Waals surface area contributed by atoms with Crippen LogP contribution in [0.1, 0.15) is 29.1 Å². The van der Waals surface area contributed by atoms with Crippen molar-refractivity contribution < 1.29 is 9.21 Å². The number of rotatable bonds is 4. The van der Waals surface area contributed by atoms with Gasteiger partial charge in [0.1, 0.15) is 5.76 Å². The highest BCUT2D eigenvalue weighted by Crippen LogP contribution is 2.19. The van der Waals surface area contributed by atoms with Crippen LogP contribution in [0.3, 0.4) is 0 Å². The van der Waals surface area contributed by atoms with E-state index in [0.29, 0.717) is 17.1 Å². The molecular formula is C12H13ClN4O2. The molecule has 4 N–H and O–H groups in total. The fourth-order valence-electron chi connectivity index (χ4n) is 1.56. The van der Waals surface area contributed by atoms with Crippen LogP contribution in [-0.4, -0.2) is 10.9 Å². The van der Waals surface area contributed by atoms with Crippen molar-refractivity contribution in [3.63, 3.8) is 0 Å². The molecule has 0 aliphatic heterocycles. The molecule has 0 spiro atoms. The maximum atomic E-state index is 12.0. The van der Waals surface area contributed by atoms with E-state index in [0.717, 1.165) is 0 Å². The summed E-state index contributed by atoms with van der Waals surface area (Å²) >= 11 is 5.91. The highest BCUT2D eigenvalue weighted by atomic mass is 35.5. The number of halogens is 1. The van der Waals surface area contributed by atoms with Gasteiger partial charge in [-0.25, -0.2) is 10.8 Å². The Labute approximate surface area is 114 Å². The fourth-order valence-corrected chi connectivity index (χ4v) is 1.78. The Morgan fingerprint density at radius 3 is 2.95 bits per heavy atom. The first-order chi connectivity index (χ1) is 9.11. The number of carbonyl (C=O) groups is 1. The number of hydrogen-bond acceptors (Lipinski definition) is 5. The lowest BCUT2D eigenvalue weighted by molar-refractivity contribution is 0.0935. The predicted molar refractivity (Wildman–Crippen MR) is 71.6 cm³/mol. The van der Waals surface area contributed by atoms with Crippen molar-refractivity contribution in [1.82, 2.24) is 10.3 Å². The van der Waals surface area contributed by atoms with Crippen molar-refractivity contribution in [2.45, 2.75) is 13.0 Å². The van der Waals surface area contributed by atoms with Crippen molar-refractivity contribution in [1.29, 1.82) is 0 Å². The van der Waals surface area contributed by atoms with E-state index in [4.69, 9.17) is 21.9 Å². The molecule has 2 rings (SSSR count). The third-order valence-electron chi connectivity index (χ3n) is 2.56. The van der Waals surface area contributed by atoms with E-state index in [1.165, 1.54) is 12.3 Å². The van der Waals surface area contributed by atoms with E-state index in [-0.39, 0.29) is 17.0 Å². The lowest BCUT2D eigenvalue weighted by atomic mass is 10.2. The molecule has 0 saturated carbocycles. The van der Waals surface area contributed by atoms with E-state index in [1.54, 1.807) is 18.4 Å². The zero-order chi connectivity index (χ0) is 13.8. The Bertz CT molecular complexity index is 571. The number of hydrogen-bond donors (Lipinski definition) is 3. The Kier molecular flexibility index (Phi) is 4.03. The van der Waals surface area contributed by atoms with Gasteiger partial charge in [0.05, 0.1) is 22.9 Å². The van der Waals surface area contributed by atoms with Gasteiger partial charge in [0.2, 0.25) is 0 Å². The van der Waals surface area contributed by atoms with Crippen molar-refractivity contribution in [3.05, 3.63) is 47.0 Å². The topological polar surface area (TPSA) is 93.2 Å². The van der Waals surface area contributed by atoms with Gasteiger partial charge in [-0.3, -0.25) is 4.79 Å². The molecule has 7 heteroatoms. The molecule has 1 atom stereocenters. The first kappa shape index (κ1) is 13.4. The summed E-state index contributed by atoms with van der Waals surface area (Å²) in [5.74, 6) is 5.91. The van der Waals surface area contributed by atoms with Gasteiger partial charge in [-0.15, -0.1) is 0 Å². The van der Waals surface area contributed by atoms with Gasteiger partial charge in [-0.1, -0.05) is 11.6 Å². The smallest absolute Gasteiger partial charge is 0.253 e. The van der Waals surface area contributed by atoms with Crippen LogP contribution in [0.4, 0.5) is 5.82 Å². The Morgan fingerprint density at radius 2 is 2.37 bits per heavy atom. The van der Waals surface area contributed by atoms with Crippen molar-refractivity contribution in [2.75, 3.05) is 5.43 Å². The third-order valence-corrected chi connectivity index (χ3v) is 2.85. The van der Waals surface area contributed by atoms with Crippen LogP contribution in [0.5, 0.6) is 0 Å². The number of nitrogen functional groups attached to an aromatic ring is 1. The van der Waals surface area contributed by atoms with Crippen molar-refractivity contribution in [3.8, 4) is 0 Å². The Balaban J connectivity index is 2.10. The number of pyridine rings is 1. The number of nitrogens with zero attached hydrogens (tertiary/aromatic N) is 1. The molecule has 2 heterocycles. The average Bonchev–Trinajstić information content (AvgIpc) is 2.92. The molecule has 0 aromatic carbocycles. The van der Waals surface area contributed by atoms with Crippen LogP contribution < -0.4 is 16.6 Å². The van der Waals surface area contributed by atoms with Gasteiger partial charge >= 0.3 is 0 Å². The highest BCUT2D eigenvalue weighted by molar-refractivity contribution is 6.33. The maximum absolute atomic E-state index is 12.0. The lowest BCUT2D eigenvalue weighted by Gasteiger charge is -2.11. The van der Waals surface area contributed by atoms with Crippen LogP contribution >= 0.6 is 11.6 Å². The van der Waals surface area contributed by atoms with E-state index in [1.807, 2.05) is 6.92 Å². The summed E-state index contributed by atoms with van der Waals surface area (Å²) in [6, 6.07) is 4.80. The average molecular weight is 281 g/mol. The summed E-state index contributed by atoms with van der Waals surface area (Å²) in [6.07, 6.45) is 2.95. The fraction of sp³-hybridized carbons (Fsp3) is 0.167. The molecule has 2 aromatic heterocycles. The molecule has 0 radical (unpaired) electrons. The van der Waals surface area contributed by atoms with Gasteiger partial charge < -0.3 is 15.2 Å². The van der Waals surface area contributed by atoms with E-state index >= 15 is 0 Å². The number of carbonyl (C=O) groups excluding carboxylic acids is 1. The second kappa shape index (κ2) is 5.73. The maximum Gasteiger partial charge on any atom is 0.253 e. The largest absolute Gasteiger partial charge is 0.467 e. The molecule has 1 amide bonds. The summed E-state index contributed by atoms with van der Waals surface area (Å²) in [5.41, 5.74) is 2.68. The SMILES string of the molecule is CC(NC(=O)c1cnc(NN)c(Cl)c1)c1ccco1. The highest BCUT2D eigenvalue weighted by Gasteiger charge is 2.14. The lowest BCUT2D eigenvalue weighted by Crippen LogP contribution is -2.26. The standard InChI is InChI=1S/C12H13ClN4O2/c1-7(10-3-2-4-19-10)16-12(18)8-5-9(13)11(17-14)15-6-8/h2-7H,14H2,1H3,(H,15,17)(H,16,18). The van der Waals surface area contributed by atoms with Gasteiger partial charge in [-0.05, 0) is 25.1 Å². The molecule has 0 aliphatic carbocycles. The van der Waals surface area contributed by atoms with Gasteiger partial charge in [0.25, 0.3) is 5.91 Å². The molecule has 0 saturated heterocycles. The first-order valence-electron chi connectivity index (χ1n) is 5.58. The Hall–Kier alpha value is -2.05. The van der Waals surface area contributed by atoms with Crippen LogP contribution in [-0.2, 0) is 0 Å². The molecule has 0 aliphatic rings. The monoisotopic (exact) mass is 280 g/mol. The predicted octanol–water partition coefficient (Wildman–Crippen LogP) is 2.10. The zero-order valence-electron chi connectivity index (χ0n) is 10.2. The summed E-state index contributed by atoms with van der Waals surface area (Å²) in [6.45, 7) is 1.82. The van der Waals surface area contributed by atoms with Crippen LogP contribution in [0.15, 0.2) is 35.1 Å². The van der Waals surface area contributed by atoms with Crippen LogP contribution in [0.2, 0.25) is 5.02 Å². The summed E-state index contributed by atoms with van der Waals surface area (Å²) in [5, 5.41) is 3.06.